The van der Waals surface area contributed by atoms with Crippen molar-refractivity contribution in [2.45, 2.75) is 50.7 Å². The smallest absolute Gasteiger partial charge is 0.270 e. The molecule has 1 aromatic carbocycles. The lowest BCUT2D eigenvalue weighted by molar-refractivity contribution is -0.385. The van der Waals surface area contributed by atoms with E-state index in [4.69, 9.17) is 4.74 Å². The second kappa shape index (κ2) is 10.2. The van der Waals surface area contributed by atoms with Gasteiger partial charge in [0, 0.05) is 57.3 Å². The Hall–Kier alpha value is -2.08. The van der Waals surface area contributed by atoms with Gasteiger partial charge in [0.25, 0.3) is 5.69 Å². The topological polar surface area (TPSA) is 122 Å². The van der Waals surface area contributed by atoms with Crippen molar-refractivity contribution in [1.82, 2.24) is 14.5 Å². The third-order valence-electron chi connectivity index (χ3n) is 6.05. The van der Waals surface area contributed by atoms with Crippen LogP contribution in [-0.4, -0.2) is 79.9 Å². The van der Waals surface area contributed by atoms with Gasteiger partial charge in [0.2, 0.25) is 15.9 Å². The van der Waals surface area contributed by atoms with Crippen LogP contribution in [0, 0.1) is 23.0 Å². The molecule has 32 heavy (non-hydrogen) atoms. The fraction of sp³-hybridized carbons (Fsp3) is 0.667. The van der Waals surface area contributed by atoms with Crippen LogP contribution in [0.1, 0.15) is 32.3 Å². The van der Waals surface area contributed by atoms with Crippen LogP contribution in [0.3, 0.4) is 0 Å². The van der Waals surface area contributed by atoms with Crippen molar-refractivity contribution in [3.05, 3.63) is 33.9 Å². The number of carbonyl (C=O) groups excluding carboxylic acids is 1. The summed E-state index contributed by atoms with van der Waals surface area (Å²) in [5.74, 6) is -0.293. The number of nitrogens with zero attached hydrogens (tertiary/aromatic N) is 3. The van der Waals surface area contributed by atoms with E-state index in [9.17, 15) is 23.3 Å². The number of aryl methyl sites for hydroxylation is 1. The second-order valence-electron chi connectivity index (χ2n) is 8.69. The van der Waals surface area contributed by atoms with Gasteiger partial charge in [0.1, 0.15) is 0 Å². The Kier molecular flexibility index (Phi) is 7.86. The number of nitro groups is 1. The Bertz CT molecular complexity index is 936. The summed E-state index contributed by atoms with van der Waals surface area (Å²) >= 11 is 0. The first-order valence-corrected chi connectivity index (χ1v) is 12.4. The zero-order valence-electron chi connectivity index (χ0n) is 18.8. The van der Waals surface area contributed by atoms with Gasteiger partial charge in [-0.3, -0.25) is 19.8 Å². The molecule has 10 nitrogen and oxygen atoms in total. The molecule has 3 rings (SSSR count). The van der Waals surface area contributed by atoms with E-state index in [2.05, 4.69) is 10.2 Å². The van der Waals surface area contributed by atoms with Crippen LogP contribution < -0.4 is 5.32 Å². The van der Waals surface area contributed by atoms with E-state index >= 15 is 0 Å². The number of piperidine rings is 1. The summed E-state index contributed by atoms with van der Waals surface area (Å²) in [6, 6.07) is 3.85. The quantitative estimate of drug-likeness (QED) is 0.476. The highest BCUT2D eigenvalue weighted by atomic mass is 32.2. The van der Waals surface area contributed by atoms with E-state index < -0.39 is 14.9 Å². The molecular formula is C21H32N4O6S. The van der Waals surface area contributed by atoms with Gasteiger partial charge in [-0.15, -0.1) is 0 Å². The summed E-state index contributed by atoms with van der Waals surface area (Å²) < 4.78 is 33.1. The largest absolute Gasteiger partial charge is 0.373 e. The first-order valence-electron chi connectivity index (χ1n) is 11.0. The average molecular weight is 469 g/mol. The molecule has 2 aliphatic rings. The number of non-ortho nitro benzene ring substituents is 1. The number of ether oxygens (including phenoxy) is 1. The predicted molar refractivity (Wildman–Crippen MR) is 119 cm³/mol. The molecule has 2 heterocycles. The Labute approximate surface area is 189 Å². The van der Waals surface area contributed by atoms with Crippen LogP contribution in [0.15, 0.2) is 23.1 Å². The van der Waals surface area contributed by atoms with Crippen molar-refractivity contribution in [2.24, 2.45) is 5.92 Å². The van der Waals surface area contributed by atoms with Gasteiger partial charge in [-0.05, 0) is 39.2 Å². The average Bonchev–Trinajstić information content (AvgIpc) is 2.73. The van der Waals surface area contributed by atoms with Gasteiger partial charge in [0.05, 0.1) is 22.0 Å². The number of nitrogens with one attached hydrogen (secondary N) is 1. The molecule has 0 radical (unpaired) electrons. The minimum Gasteiger partial charge on any atom is -0.373 e. The Morgan fingerprint density at radius 2 is 1.84 bits per heavy atom. The number of nitro benzene ring substituents is 1. The van der Waals surface area contributed by atoms with Gasteiger partial charge in [-0.1, -0.05) is 6.07 Å². The number of carbonyl (C=O) groups is 1. The molecule has 0 spiro atoms. The molecule has 1 N–H and O–H groups in total. The molecule has 11 heteroatoms. The summed E-state index contributed by atoms with van der Waals surface area (Å²) in [6.45, 7) is 9.10. The molecule has 0 aromatic heterocycles. The third kappa shape index (κ3) is 5.83. The van der Waals surface area contributed by atoms with Crippen LogP contribution >= 0.6 is 0 Å². The molecule has 1 aromatic rings. The highest BCUT2D eigenvalue weighted by Gasteiger charge is 2.33. The summed E-state index contributed by atoms with van der Waals surface area (Å²) in [6.07, 6.45) is 1.20. The second-order valence-corrected chi connectivity index (χ2v) is 10.6. The zero-order chi connectivity index (χ0) is 23.5. The monoisotopic (exact) mass is 468 g/mol. The first kappa shape index (κ1) is 24.6. The Morgan fingerprint density at radius 3 is 2.44 bits per heavy atom. The third-order valence-corrected chi connectivity index (χ3v) is 8.09. The maximum atomic E-state index is 13.0. The van der Waals surface area contributed by atoms with Crippen molar-refractivity contribution in [3.63, 3.8) is 0 Å². The van der Waals surface area contributed by atoms with E-state index in [-0.39, 0.29) is 47.7 Å². The Morgan fingerprint density at radius 1 is 1.22 bits per heavy atom. The van der Waals surface area contributed by atoms with Crippen LogP contribution in [0.25, 0.3) is 0 Å². The fourth-order valence-corrected chi connectivity index (χ4v) is 6.14. The maximum Gasteiger partial charge on any atom is 0.270 e. The van der Waals surface area contributed by atoms with Crippen molar-refractivity contribution in [2.75, 3.05) is 39.3 Å². The molecule has 2 aliphatic heterocycles. The lowest BCUT2D eigenvalue weighted by Gasteiger charge is -2.35. The van der Waals surface area contributed by atoms with Gasteiger partial charge in [-0.25, -0.2) is 8.42 Å². The predicted octanol–water partition coefficient (Wildman–Crippen LogP) is 1.53. The van der Waals surface area contributed by atoms with E-state index in [0.29, 0.717) is 24.9 Å². The van der Waals surface area contributed by atoms with E-state index in [1.807, 2.05) is 13.8 Å². The molecule has 2 atom stereocenters. The number of benzene rings is 1. The van der Waals surface area contributed by atoms with E-state index in [0.717, 1.165) is 25.7 Å². The lowest BCUT2D eigenvalue weighted by Crippen LogP contribution is -2.48. The molecule has 1 amide bonds. The van der Waals surface area contributed by atoms with Crippen LogP contribution in [-0.2, 0) is 19.6 Å². The van der Waals surface area contributed by atoms with Crippen molar-refractivity contribution >= 4 is 21.6 Å². The molecule has 2 saturated heterocycles. The van der Waals surface area contributed by atoms with Crippen LogP contribution in [0.2, 0.25) is 0 Å². The number of hydrogen-bond acceptors (Lipinski definition) is 7. The lowest BCUT2D eigenvalue weighted by atomic mass is 9.97. The number of amides is 1. The minimum atomic E-state index is -3.86. The highest BCUT2D eigenvalue weighted by molar-refractivity contribution is 7.89. The molecule has 178 valence electrons. The number of rotatable bonds is 7. The summed E-state index contributed by atoms with van der Waals surface area (Å²) in [5.41, 5.74) is 0.203. The van der Waals surface area contributed by atoms with Crippen molar-refractivity contribution < 1.29 is 22.9 Å². The van der Waals surface area contributed by atoms with Crippen LogP contribution in [0.4, 0.5) is 5.69 Å². The van der Waals surface area contributed by atoms with Gasteiger partial charge < -0.3 is 10.1 Å². The van der Waals surface area contributed by atoms with E-state index in [1.165, 1.54) is 16.4 Å². The van der Waals surface area contributed by atoms with Gasteiger partial charge in [-0.2, -0.15) is 4.31 Å². The number of morpholine rings is 1. The van der Waals surface area contributed by atoms with Gasteiger partial charge >= 0.3 is 0 Å². The number of hydrogen-bond donors (Lipinski definition) is 1. The molecule has 0 saturated carbocycles. The number of sulfonamides is 1. The molecule has 0 aliphatic carbocycles. The molecule has 0 bridgehead atoms. The summed E-state index contributed by atoms with van der Waals surface area (Å²) in [7, 11) is -3.86. The maximum absolute atomic E-state index is 13.0. The van der Waals surface area contributed by atoms with E-state index in [1.54, 1.807) is 6.92 Å². The standard InChI is InChI=1S/C21H32N4O6S/c1-15-4-5-19(25(27)28)12-20(15)32(29,30)24-9-6-18(7-10-24)21(26)22-8-11-23-13-16(2)31-17(3)14-23/h4-5,12,16-18H,6-11,13-14H2,1-3H3,(H,22,26)/t16-,17+. The molecular weight excluding hydrogens is 436 g/mol. The molecule has 0 unspecified atom stereocenters. The molecule has 2 fully saturated rings. The highest BCUT2D eigenvalue weighted by Crippen LogP contribution is 2.28. The summed E-state index contributed by atoms with van der Waals surface area (Å²) in [4.78, 5) is 25.2. The minimum absolute atomic E-state index is 0.0523. The zero-order valence-corrected chi connectivity index (χ0v) is 19.6. The van der Waals surface area contributed by atoms with Crippen molar-refractivity contribution in [1.29, 1.82) is 0 Å². The van der Waals surface area contributed by atoms with Crippen LogP contribution in [0.5, 0.6) is 0 Å². The SMILES string of the molecule is Cc1ccc([N+](=O)[O-])cc1S(=O)(=O)N1CCC(C(=O)NCCN2C[C@@H](C)O[C@@H](C)C2)CC1. The summed E-state index contributed by atoms with van der Waals surface area (Å²) in [5, 5.41) is 14.0. The Balaban J connectivity index is 1.51. The van der Waals surface area contributed by atoms with Gasteiger partial charge in [0.15, 0.2) is 0 Å². The normalized spacial score (nSPS) is 23.7. The first-order chi connectivity index (χ1) is 15.1. The fourth-order valence-electron chi connectivity index (χ4n) is 4.43. The van der Waals surface area contributed by atoms with Crippen molar-refractivity contribution in [3.8, 4) is 0 Å².